The summed E-state index contributed by atoms with van der Waals surface area (Å²) in [6.45, 7) is 2.97. The van der Waals surface area contributed by atoms with Gasteiger partial charge < -0.3 is 4.74 Å². The lowest BCUT2D eigenvalue weighted by Crippen LogP contribution is -2.01. The van der Waals surface area contributed by atoms with Gasteiger partial charge in [0.25, 0.3) is 0 Å². The van der Waals surface area contributed by atoms with E-state index >= 15 is 0 Å². The van der Waals surface area contributed by atoms with Crippen molar-refractivity contribution in [1.82, 2.24) is 0 Å². The topological polar surface area (TPSA) is 9.23 Å². The third-order valence-electron chi connectivity index (χ3n) is 1.53. The molecule has 0 saturated carbocycles. The van der Waals surface area contributed by atoms with Crippen molar-refractivity contribution in [2.75, 3.05) is 18.1 Å². The third kappa shape index (κ3) is 4.22. The van der Waals surface area contributed by atoms with E-state index in [4.69, 9.17) is 4.74 Å². The highest BCUT2D eigenvalue weighted by Gasteiger charge is 1.97. The average Bonchev–Trinajstić information content (AvgIpc) is 2.15. The van der Waals surface area contributed by atoms with E-state index in [2.05, 4.69) is 35.6 Å². The maximum absolute atomic E-state index is 5.61. The van der Waals surface area contributed by atoms with E-state index in [0.29, 0.717) is 0 Å². The van der Waals surface area contributed by atoms with Crippen molar-refractivity contribution in [3.05, 3.63) is 27.8 Å². The summed E-state index contributed by atoms with van der Waals surface area (Å²) in [7, 11) is 0. The second-order valence-corrected chi connectivity index (χ2v) is 5.03. The Balaban J connectivity index is 2.32. The lowest BCUT2D eigenvalue weighted by Gasteiger charge is -2.06. The third-order valence-corrected chi connectivity index (χ3v) is 3.28. The molecule has 1 aromatic carbocycles. The van der Waals surface area contributed by atoms with Crippen LogP contribution >= 0.6 is 34.4 Å². The van der Waals surface area contributed by atoms with Crippen molar-refractivity contribution < 1.29 is 4.74 Å². The zero-order chi connectivity index (χ0) is 9.52. The van der Waals surface area contributed by atoms with Crippen molar-refractivity contribution in [1.29, 1.82) is 0 Å². The van der Waals surface area contributed by atoms with Crippen LogP contribution in [0.15, 0.2) is 24.3 Å². The molecule has 0 heterocycles. The second kappa shape index (κ2) is 6.54. The second-order valence-electron chi connectivity index (χ2n) is 2.48. The number of benzene rings is 1. The molecule has 72 valence electrons. The normalized spacial score (nSPS) is 10.0. The van der Waals surface area contributed by atoms with Crippen LogP contribution in [0, 0.1) is 3.57 Å². The minimum absolute atomic E-state index is 0.804. The van der Waals surface area contributed by atoms with Crippen LogP contribution in [-0.4, -0.2) is 18.1 Å². The smallest absolute Gasteiger partial charge is 0.132 e. The van der Waals surface area contributed by atoms with Gasteiger partial charge in [-0.3, -0.25) is 0 Å². The van der Waals surface area contributed by atoms with E-state index in [-0.39, 0.29) is 0 Å². The quantitative estimate of drug-likeness (QED) is 0.609. The van der Waals surface area contributed by atoms with Crippen LogP contribution in [0.3, 0.4) is 0 Å². The van der Waals surface area contributed by atoms with Crippen LogP contribution < -0.4 is 4.74 Å². The van der Waals surface area contributed by atoms with Gasteiger partial charge in [-0.25, -0.2) is 0 Å². The molecule has 0 aliphatic heterocycles. The summed E-state index contributed by atoms with van der Waals surface area (Å²) >= 11 is 4.20. The van der Waals surface area contributed by atoms with Crippen molar-refractivity contribution in [2.45, 2.75) is 6.92 Å². The predicted molar refractivity (Wildman–Crippen MR) is 67.7 cm³/mol. The van der Waals surface area contributed by atoms with Crippen LogP contribution in [0.25, 0.3) is 0 Å². The summed E-state index contributed by atoms with van der Waals surface area (Å²) in [4.78, 5) is 0. The standard InChI is InChI=1S/C10H13IOS/c1-2-13-8-7-12-10-6-4-3-5-9(10)11/h3-6H,2,7-8H2,1H3. The fraction of sp³-hybridized carbons (Fsp3) is 0.400. The molecular weight excluding hydrogens is 295 g/mol. The summed E-state index contributed by atoms with van der Waals surface area (Å²) in [6.07, 6.45) is 0. The van der Waals surface area contributed by atoms with Crippen LogP contribution in [0.4, 0.5) is 0 Å². The largest absolute Gasteiger partial charge is 0.492 e. The summed E-state index contributed by atoms with van der Waals surface area (Å²) in [6, 6.07) is 8.10. The molecule has 13 heavy (non-hydrogen) atoms. The molecule has 1 aromatic rings. The molecule has 0 aliphatic carbocycles. The van der Waals surface area contributed by atoms with Gasteiger partial charge in [-0.15, -0.1) is 0 Å². The van der Waals surface area contributed by atoms with Gasteiger partial charge in [-0.2, -0.15) is 11.8 Å². The van der Waals surface area contributed by atoms with E-state index in [1.807, 2.05) is 30.0 Å². The molecule has 0 fully saturated rings. The van der Waals surface area contributed by atoms with Crippen molar-refractivity contribution in [3.63, 3.8) is 0 Å². The predicted octanol–water partition coefficient (Wildman–Crippen LogP) is 3.42. The summed E-state index contributed by atoms with van der Waals surface area (Å²) in [5.41, 5.74) is 0. The Morgan fingerprint density at radius 2 is 2.15 bits per heavy atom. The van der Waals surface area contributed by atoms with Crippen LogP contribution in [0.2, 0.25) is 0 Å². The van der Waals surface area contributed by atoms with E-state index in [9.17, 15) is 0 Å². The lowest BCUT2D eigenvalue weighted by atomic mass is 10.3. The fourth-order valence-corrected chi connectivity index (χ4v) is 1.95. The number of para-hydroxylation sites is 1. The fourth-order valence-electron chi connectivity index (χ4n) is 0.917. The number of hydrogen-bond donors (Lipinski definition) is 0. The summed E-state index contributed by atoms with van der Waals surface area (Å²) < 4.78 is 6.79. The monoisotopic (exact) mass is 308 g/mol. The Labute approximate surface area is 97.4 Å². The molecule has 0 spiro atoms. The Hall–Kier alpha value is 0.100. The van der Waals surface area contributed by atoms with Crippen LogP contribution in [-0.2, 0) is 0 Å². The van der Waals surface area contributed by atoms with E-state index in [0.717, 1.165) is 23.9 Å². The van der Waals surface area contributed by atoms with Crippen molar-refractivity contribution >= 4 is 34.4 Å². The molecule has 0 bridgehead atoms. The number of hydrogen-bond acceptors (Lipinski definition) is 2. The minimum atomic E-state index is 0.804. The zero-order valence-electron chi connectivity index (χ0n) is 7.63. The number of thioether (sulfide) groups is 1. The Morgan fingerprint density at radius 1 is 1.38 bits per heavy atom. The molecule has 0 N–H and O–H groups in total. The summed E-state index contributed by atoms with van der Waals surface area (Å²) in [5.74, 6) is 3.23. The van der Waals surface area contributed by atoms with Crippen LogP contribution in [0.1, 0.15) is 6.92 Å². The van der Waals surface area contributed by atoms with Gasteiger partial charge in [-0.05, 0) is 40.5 Å². The first kappa shape index (κ1) is 11.2. The van der Waals surface area contributed by atoms with Crippen molar-refractivity contribution in [2.24, 2.45) is 0 Å². The molecule has 0 saturated heterocycles. The first-order valence-electron chi connectivity index (χ1n) is 4.29. The van der Waals surface area contributed by atoms with E-state index in [1.165, 1.54) is 3.57 Å². The van der Waals surface area contributed by atoms with Gasteiger partial charge in [0.05, 0.1) is 10.2 Å². The molecule has 0 aliphatic rings. The molecule has 0 atom stereocenters. The zero-order valence-corrected chi connectivity index (χ0v) is 10.6. The summed E-state index contributed by atoms with van der Waals surface area (Å²) in [5, 5.41) is 0. The van der Waals surface area contributed by atoms with E-state index in [1.54, 1.807) is 0 Å². The highest BCUT2D eigenvalue weighted by molar-refractivity contribution is 14.1. The number of rotatable bonds is 5. The first-order valence-corrected chi connectivity index (χ1v) is 6.53. The molecule has 3 heteroatoms. The van der Waals surface area contributed by atoms with Gasteiger partial charge >= 0.3 is 0 Å². The Kier molecular flexibility index (Phi) is 5.62. The molecule has 0 radical (unpaired) electrons. The lowest BCUT2D eigenvalue weighted by molar-refractivity contribution is 0.341. The number of ether oxygens (including phenoxy) is 1. The Morgan fingerprint density at radius 3 is 2.85 bits per heavy atom. The molecular formula is C10H13IOS. The van der Waals surface area contributed by atoms with E-state index < -0.39 is 0 Å². The van der Waals surface area contributed by atoms with Crippen molar-refractivity contribution in [3.8, 4) is 5.75 Å². The van der Waals surface area contributed by atoms with Gasteiger partial charge in [0.1, 0.15) is 5.75 Å². The molecule has 1 nitrogen and oxygen atoms in total. The maximum Gasteiger partial charge on any atom is 0.132 e. The number of halogens is 1. The first-order chi connectivity index (χ1) is 6.34. The molecule has 0 unspecified atom stereocenters. The van der Waals surface area contributed by atoms with Gasteiger partial charge in [0, 0.05) is 5.75 Å². The highest BCUT2D eigenvalue weighted by Crippen LogP contribution is 2.19. The SMILES string of the molecule is CCSCCOc1ccccc1I. The maximum atomic E-state index is 5.61. The molecule has 0 amide bonds. The van der Waals surface area contributed by atoms with Gasteiger partial charge in [0.2, 0.25) is 0 Å². The van der Waals surface area contributed by atoms with Gasteiger partial charge in [0.15, 0.2) is 0 Å². The average molecular weight is 308 g/mol. The molecule has 1 rings (SSSR count). The highest BCUT2D eigenvalue weighted by atomic mass is 127. The van der Waals surface area contributed by atoms with Gasteiger partial charge in [-0.1, -0.05) is 19.1 Å². The molecule has 0 aromatic heterocycles. The minimum Gasteiger partial charge on any atom is -0.492 e. The van der Waals surface area contributed by atoms with Crippen LogP contribution in [0.5, 0.6) is 5.75 Å². The Bertz CT molecular complexity index is 252.